The Morgan fingerprint density at radius 3 is 2.89 bits per heavy atom. The van der Waals surface area contributed by atoms with E-state index in [0.717, 1.165) is 24.8 Å². The van der Waals surface area contributed by atoms with Crippen molar-refractivity contribution in [2.75, 3.05) is 0 Å². The predicted molar refractivity (Wildman–Crippen MR) is 78.7 cm³/mol. The van der Waals surface area contributed by atoms with Crippen molar-refractivity contribution < 1.29 is 0 Å². The number of hydrogen-bond donors (Lipinski definition) is 1. The minimum absolute atomic E-state index is 0.516. The third-order valence-electron chi connectivity index (χ3n) is 3.48. The second-order valence-electron chi connectivity index (χ2n) is 5.08. The molecule has 100 valence electrons. The Kier molecular flexibility index (Phi) is 3.92. The summed E-state index contributed by atoms with van der Waals surface area (Å²) in [5.74, 6) is 0. The molecule has 1 aliphatic carbocycles. The molecule has 1 aliphatic rings. The van der Waals surface area contributed by atoms with Crippen molar-refractivity contribution in [2.45, 2.75) is 38.5 Å². The van der Waals surface area contributed by atoms with Crippen LogP contribution in [0.15, 0.2) is 35.8 Å². The molecule has 2 aromatic heterocycles. The lowest BCUT2D eigenvalue weighted by Crippen LogP contribution is -2.24. The first-order valence-electron chi connectivity index (χ1n) is 6.75. The van der Waals surface area contributed by atoms with Crippen molar-refractivity contribution in [3.63, 3.8) is 0 Å². The number of pyridine rings is 1. The monoisotopic (exact) mass is 273 g/mol. The van der Waals surface area contributed by atoms with Gasteiger partial charge in [-0.3, -0.25) is 9.88 Å². The second kappa shape index (κ2) is 5.82. The molecular weight excluding hydrogens is 254 g/mol. The van der Waals surface area contributed by atoms with Crippen LogP contribution in [0.2, 0.25) is 0 Å². The van der Waals surface area contributed by atoms with E-state index in [1.54, 1.807) is 0 Å². The quantitative estimate of drug-likeness (QED) is 0.880. The summed E-state index contributed by atoms with van der Waals surface area (Å²) in [6, 6.07) is 9.34. The van der Waals surface area contributed by atoms with Crippen molar-refractivity contribution in [3.8, 4) is 0 Å². The highest BCUT2D eigenvalue weighted by Crippen LogP contribution is 2.30. The third-order valence-corrected chi connectivity index (χ3v) is 4.34. The maximum Gasteiger partial charge on any atom is 0.0542 e. The Bertz CT molecular complexity index is 520. The molecule has 2 N–H and O–H groups in total. The fourth-order valence-electron chi connectivity index (χ4n) is 2.33. The zero-order valence-electron chi connectivity index (χ0n) is 11.0. The van der Waals surface area contributed by atoms with Gasteiger partial charge in [-0.2, -0.15) is 0 Å². The van der Waals surface area contributed by atoms with E-state index in [-0.39, 0.29) is 0 Å². The average Bonchev–Trinajstić information content (AvgIpc) is 3.17. The van der Waals surface area contributed by atoms with Crippen LogP contribution in [-0.4, -0.2) is 15.9 Å². The molecule has 0 unspecified atom stereocenters. The Hall–Kier alpha value is -1.23. The molecule has 0 aliphatic heterocycles. The maximum absolute atomic E-state index is 5.66. The van der Waals surface area contributed by atoms with Crippen LogP contribution < -0.4 is 5.73 Å². The topological polar surface area (TPSA) is 42.1 Å². The van der Waals surface area contributed by atoms with Gasteiger partial charge in [0.1, 0.15) is 0 Å². The molecule has 2 aromatic rings. The number of nitrogens with two attached hydrogens (primary N) is 1. The lowest BCUT2D eigenvalue weighted by Gasteiger charge is -2.21. The van der Waals surface area contributed by atoms with Gasteiger partial charge in [-0.05, 0) is 42.0 Å². The van der Waals surface area contributed by atoms with Crippen LogP contribution in [0.1, 0.15) is 29.0 Å². The van der Waals surface area contributed by atoms with Gasteiger partial charge in [0.25, 0.3) is 0 Å². The molecule has 0 spiro atoms. The zero-order chi connectivity index (χ0) is 13.1. The molecule has 19 heavy (non-hydrogen) atoms. The number of aromatic nitrogens is 1. The maximum atomic E-state index is 5.66. The van der Waals surface area contributed by atoms with E-state index in [4.69, 9.17) is 5.73 Å². The molecular formula is C15H19N3S. The van der Waals surface area contributed by atoms with Gasteiger partial charge >= 0.3 is 0 Å². The smallest absolute Gasteiger partial charge is 0.0542 e. The highest BCUT2D eigenvalue weighted by molar-refractivity contribution is 7.09. The summed E-state index contributed by atoms with van der Waals surface area (Å²) >= 11 is 1.84. The van der Waals surface area contributed by atoms with Gasteiger partial charge in [-0.15, -0.1) is 11.3 Å². The van der Waals surface area contributed by atoms with Crippen LogP contribution in [-0.2, 0) is 19.6 Å². The summed E-state index contributed by atoms with van der Waals surface area (Å²) in [5.41, 5.74) is 7.95. The van der Waals surface area contributed by atoms with Gasteiger partial charge in [-0.1, -0.05) is 6.07 Å². The molecule has 1 fully saturated rings. The van der Waals surface area contributed by atoms with E-state index < -0.39 is 0 Å². The van der Waals surface area contributed by atoms with Crippen LogP contribution in [0, 0.1) is 0 Å². The minimum atomic E-state index is 0.516. The van der Waals surface area contributed by atoms with E-state index in [9.17, 15) is 0 Å². The summed E-state index contributed by atoms with van der Waals surface area (Å²) in [4.78, 5) is 8.28. The number of nitrogens with zero attached hydrogens (tertiary/aromatic N) is 2. The van der Waals surface area contributed by atoms with Gasteiger partial charge in [0.15, 0.2) is 0 Å². The Balaban J connectivity index is 1.70. The first-order chi connectivity index (χ1) is 9.35. The van der Waals surface area contributed by atoms with Crippen molar-refractivity contribution in [1.29, 1.82) is 0 Å². The van der Waals surface area contributed by atoms with Gasteiger partial charge in [0.2, 0.25) is 0 Å². The van der Waals surface area contributed by atoms with E-state index >= 15 is 0 Å². The number of rotatable bonds is 6. The summed E-state index contributed by atoms with van der Waals surface area (Å²) < 4.78 is 0. The minimum Gasteiger partial charge on any atom is -0.325 e. The van der Waals surface area contributed by atoms with Gasteiger partial charge in [0, 0.05) is 36.8 Å². The predicted octanol–water partition coefficient (Wildman–Crippen LogP) is 2.77. The molecule has 0 aromatic carbocycles. The lowest BCUT2D eigenvalue weighted by molar-refractivity contribution is 0.248. The molecule has 0 amide bonds. The first-order valence-corrected chi connectivity index (χ1v) is 7.63. The second-order valence-corrected chi connectivity index (χ2v) is 6.11. The molecule has 0 radical (unpaired) electrons. The normalized spacial score (nSPS) is 15.1. The summed E-state index contributed by atoms with van der Waals surface area (Å²) in [6.45, 7) is 2.57. The first kappa shape index (κ1) is 12.8. The molecule has 3 nitrogen and oxygen atoms in total. The molecule has 2 heterocycles. The highest BCUT2D eigenvalue weighted by atomic mass is 32.1. The lowest BCUT2D eigenvalue weighted by atomic mass is 10.2. The van der Waals surface area contributed by atoms with Gasteiger partial charge in [-0.25, -0.2) is 0 Å². The van der Waals surface area contributed by atoms with Crippen LogP contribution >= 0.6 is 11.3 Å². The molecule has 0 bridgehead atoms. The molecule has 3 rings (SSSR count). The Labute approximate surface area is 118 Å². The Morgan fingerprint density at radius 2 is 2.21 bits per heavy atom. The zero-order valence-corrected chi connectivity index (χ0v) is 11.8. The fraction of sp³-hybridized carbons (Fsp3) is 0.400. The largest absolute Gasteiger partial charge is 0.325 e. The summed E-state index contributed by atoms with van der Waals surface area (Å²) in [6.07, 6.45) is 4.54. The third kappa shape index (κ3) is 3.41. The fourth-order valence-corrected chi connectivity index (χ4v) is 3.06. The van der Waals surface area contributed by atoms with Gasteiger partial charge in [0.05, 0.1) is 5.69 Å². The van der Waals surface area contributed by atoms with E-state index in [0.29, 0.717) is 6.54 Å². The van der Waals surface area contributed by atoms with Crippen LogP contribution in [0.5, 0.6) is 0 Å². The van der Waals surface area contributed by atoms with Crippen LogP contribution in [0.4, 0.5) is 0 Å². The van der Waals surface area contributed by atoms with E-state index in [1.165, 1.54) is 23.3 Å². The van der Waals surface area contributed by atoms with Crippen molar-refractivity contribution in [2.24, 2.45) is 5.73 Å². The van der Waals surface area contributed by atoms with Crippen LogP contribution in [0.25, 0.3) is 0 Å². The van der Waals surface area contributed by atoms with Crippen molar-refractivity contribution in [1.82, 2.24) is 9.88 Å². The Morgan fingerprint density at radius 1 is 1.32 bits per heavy atom. The van der Waals surface area contributed by atoms with E-state index in [2.05, 4.69) is 39.5 Å². The molecule has 0 saturated heterocycles. The number of thiophene rings is 1. The van der Waals surface area contributed by atoms with Crippen LogP contribution in [0.3, 0.4) is 0 Å². The molecule has 0 atom stereocenters. The highest BCUT2D eigenvalue weighted by Gasteiger charge is 2.29. The summed E-state index contributed by atoms with van der Waals surface area (Å²) in [7, 11) is 0. The van der Waals surface area contributed by atoms with Gasteiger partial charge < -0.3 is 5.73 Å². The standard InChI is InChI=1S/C15H19N3S/c16-9-13-8-12(5-6-17-13)10-18(14-3-4-14)11-15-2-1-7-19-15/h1-2,5-8,14H,3-4,9-11,16H2. The molecule has 1 saturated carbocycles. The SMILES string of the molecule is NCc1cc(CN(Cc2cccs2)C2CC2)ccn1. The van der Waals surface area contributed by atoms with Crippen molar-refractivity contribution >= 4 is 11.3 Å². The average molecular weight is 273 g/mol. The number of hydrogen-bond acceptors (Lipinski definition) is 4. The van der Waals surface area contributed by atoms with E-state index in [1.807, 2.05) is 17.5 Å². The van der Waals surface area contributed by atoms with Crippen molar-refractivity contribution in [3.05, 3.63) is 52.0 Å². The molecule has 4 heteroatoms. The summed E-state index contributed by atoms with van der Waals surface area (Å²) in [5, 5.41) is 2.15.